The van der Waals surface area contributed by atoms with Crippen LogP contribution in [0.2, 0.25) is 5.02 Å². The van der Waals surface area contributed by atoms with Crippen LogP contribution in [0.5, 0.6) is 0 Å². The van der Waals surface area contributed by atoms with E-state index in [9.17, 15) is 9.18 Å². The van der Waals surface area contributed by atoms with Crippen molar-refractivity contribution in [2.75, 3.05) is 7.05 Å². The van der Waals surface area contributed by atoms with Gasteiger partial charge in [-0.3, -0.25) is 4.79 Å². The molecule has 2 nitrogen and oxygen atoms in total. The summed E-state index contributed by atoms with van der Waals surface area (Å²) in [6.45, 7) is 1.88. The molecule has 0 aliphatic heterocycles. The molecule has 21 heavy (non-hydrogen) atoms. The molecule has 0 aliphatic rings. The van der Waals surface area contributed by atoms with Gasteiger partial charge in [0.1, 0.15) is 5.82 Å². The van der Waals surface area contributed by atoms with E-state index in [1.54, 1.807) is 24.1 Å². The summed E-state index contributed by atoms with van der Waals surface area (Å²) in [4.78, 5) is 14.0. The minimum Gasteiger partial charge on any atom is -0.335 e. The fourth-order valence-corrected chi connectivity index (χ4v) is 2.57. The van der Waals surface area contributed by atoms with Crippen LogP contribution < -0.4 is 0 Å². The van der Waals surface area contributed by atoms with E-state index in [1.165, 1.54) is 12.1 Å². The molecule has 1 unspecified atom stereocenters. The Kier molecular flexibility index (Phi) is 5.01. The minimum atomic E-state index is -0.459. The Bertz CT molecular complexity index is 677. The second kappa shape index (κ2) is 6.58. The Morgan fingerprint density at radius 2 is 1.95 bits per heavy atom. The molecule has 0 saturated carbocycles. The van der Waals surface area contributed by atoms with Gasteiger partial charge in [0.2, 0.25) is 0 Å². The smallest absolute Gasteiger partial charge is 0.254 e. The van der Waals surface area contributed by atoms with Crippen LogP contribution in [0.25, 0.3) is 0 Å². The highest BCUT2D eigenvalue weighted by Crippen LogP contribution is 2.27. The lowest BCUT2D eigenvalue weighted by Gasteiger charge is -2.26. The first kappa shape index (κ1) is 16.0. The van der Waals surface area contributed by atoms with Crippen molar-refractivity contribution in [1.29, 1.82) is 0 Å². The van der Waals surface area contributed by atoms with Gasteiger partial charge in [-0.1, -0.05) is 29.8 Å². The number of carbonyl (C=O) groups is 1. The van der Waals surface area contributed by atoms with Crippen molar-refractivity contribution >= 4 is 33.4 Å². The van der Waals surface area contributed by atoms with Crippen molar-refractivity contribution in [3.8, 4) is 0 Å². The van der Waals surface area contributed by atoms with Crippen LogP contribution >= 0.6 is 27.5 Å². The number of rotatable bonds is 3. The first-order valence-corrected chi connectivity index (χ1v) is 7.55. The molecule has 5 heteroatoms. The zero-order valence-electron chi connectivity index (χ0n) is 11.6. The Balaban J connectivity index is 2.26. The molecule has 2 aromatic carbocycles. The lowest BCUT2D eigenvalue weighted by Crippen LogP contribution is -2.29. The molecule has 0 bridgehead atoms. The third kappa shape index (κ3) is 3.44. The number of halogens is 3. The van der Waals surface area contributed by atoms with Crippen LogP contribution in [0.3, 0.4) is 0 Å². The highest BCUT2D eigenvalue weighted by atomic mass is 79.9. The molecular weight excluding hydrogens is 357 g/mol. The van der Waals surface area contributed by atoms with Gasteiger partial charge in [0, 0.05) is 17.6 Å². The van der Waals surface area contributed by atoms with Gasteiger partial charge >= 0.3 is 0 Å². The van der Waals surface area contributed by atoms with Crippen molar-refractivity contribution in [2.24, 2.45) is 0 Å². The molecule has 2 rings (SSSR count). The molecule has 0 fully saturated rings. The highest BCUT2D eigenvalue weighted by Gasteiger charge is 2.21. The zero-order chi connectivity index (χ0) is 15.6. The molecule has 0 aliphatic carbocycles. The average Bonchev–Trinajstić information content (AvgIpc) is 2.48. The van der Waals surface area contributed by atoms with Gasteiger partial charge in [0.05, 0.1) is 10.5 Å². The normalized spacial score (nSPS) is 12.0. The molecule has 0 radical (unpaired) electrons. The maximum absolute atomic E-state index is 13.6. The lowest BCUT2D eigenvalue weighted by molar-refractivity contribution is 0.0742. The predicted octanol–water partition coefficient (Wildman–Crippen LogP) is 5.07. The molecule has 1 amide bonds. The fourth-order valence-electron chi connectivity index (χ4n) is 2.03. The number of amides is 1. The highest BCUT2D eigenvalue weighted by molar-refractivity contribution is 9.10. The maximum atomic E-state index is 13.6. The summed E-state index contributed by atoms with van der Waals surface area (Å²) in [6, 6.07) is 11.5. The fraction of sp³-hybridized carbons (Fsp3) is 0.188. The van der Waals surface area contributed by atoms with Gasteiger partial charge in [-0.25, -0.2) is 4.39 Å². The van der Waals surface area contributed by atoms with Gasteiger partial charge in [-0.05, 0) is 52.7 Å². The average molecular weight is 371 g/mol. The Morgan fingerprint density at radius 1 is 1.29 bits per heavy atom. The summed E-state index contributed by atoms with van der Waals surface area (Å²) < 4.78 is 13.9. The number of nitrogens with zero attached hydrogens (tertiary/aromatic N) is 1. The molecule has 2 aromatic rings. The first-order chi connectivity index (χ1) is 9.91. The predicted molar refractivity (Wildman–Crippen MR) is 86.1 cm³/mol. The molecule has 0 N–H and O–H groups in total. The molecule has 0 saturated heterocycles. The largest absolute Gasteiger partial charge is 0.335 e. The van der Waals surface area contributed by atoms with E-state index in [4.69, 9.17) is 11.6 Å². The van der Waals surface area contributed by atoms with E-state index in [2.05, 4.69) is 15.9 Å². The Morgan fingerprint density at radius 3 is 2.57 bits per heavy atom. The van der Waals surface area contributed by atoms with Crippen molar-refractivity contribution < 1.29 is 9.18 Å². The van der Waals surface area contributed by atoms with Crippen LogP contribution in [0.4, 0.5) is 4.39 Å². The van der Waals surface area contributed by atoms with Crippen molar-refractivity contribution in [3.05, 3.63) is 68.9 Å². The Labute approximate surface area is 136 Å². The number of hydrogen-bond acceptors (Lipinski definition) is 1. The summed E-state index contributed by atoms with van der Waals surface area (Å²) in [5.74, 6) is -0.714. The maximum Gasteiger partial charge on any atom is 0.254 e. The second-order valence-corrected chi connectivity index (χ2v) is 6.00. The molecular formula is C16H14BrClFNO. The molecule has 0 aromatic heterocycles. The van der Waals surface area contributed by atoms with Crippen molar-refractivity contribution in [2.45, 2.75) is 13.0 Å². The third-order valence-electron chi connectivity index (χ3n) is 3.42. The van der Waals surface area contributed by atoms with Crippen molar-refractivity contribution in [3.63, 3.8) is 0 Å². The minimum absolute atomic E-state index is 0.210. The van der Waals surface area contributed by atoms with Crippen molar-refractivity contribution in [1.82, 2.24) is 4.90 Å². The van der Waals surface area contributed by atoms with E-state index < -0.39 is 5.82 Å². The van der Waals surface area contributed by atoms with Crippen LogP contribution in [0, 0.1) is 5.82 Å². The second-order valence-electron chi connectivity index (χ2n) is 4.74. The van der Waals surface area contributed by atoms with Crippen LogP contribution in [-0.2, 0) is 0 Å². The summed E-state index contributed by atoms with van der Waals surface area (Å²) in [5, 5.41) is 0.603. The first-order valence-electron chi connectivity index (χ1n) is 6.38. The number of hydrogen-bond donors (Lipinski definition) is 0. The quantitative estimate of drug-likeness (QED) is 0.738. The van der Waals surface area contributed by atoms with E-state index in [0.717, 1.165) is 5.56 Å². The number of carbonyl (C=O) groups excluding carboxylic acids is 1. The van der Waals surface area contributed by atoms with Crippen LogP contribution in [-0.4, -0.2) is 17.9 Å². The number of benzene rings is 2. The lowest BCUT2D eigenvalue weighted by atomic mass is 10.1. The van der Waals surface area contributed by atoms with Crippen LogP contribution in [0.1, 0.15) is 28.9 Å². The van der Waals surface area contributed by atoms with Gasteiger partial charge in [0.15, 0.2) is 0 Å². The van der Waals surface area contributed by atoms with E-state index in [0.29, 0.717) is 15.1 Å². The summed E-state index contributed by atoms with van der Waals surface area (Å²) in [7, 11) is 1.68. The topological polar surface area (TPSA) is 20.3 Å². The van der Waals surface area contributed by atoms with Gasteiger partial charge in [0.25, 0.3) is 5.91 Å². The Hall–Kier alpha value is -1.39. The van der Waals surface area contributed by atoms with E-state index in [-0.39, 0.29) is 11.9 Å². The summed E-state index contributed by atoms with van der Waals surface area (Å²) >= 11 is 9.23. The van der Waals surface area contributed by atoms with E-state index in [1.807, 2.05) is 25.1 Å². The standard InChI is InChI=1S/C16H14BrClFNO/c1-10(12-5-3-4-6-14(12)18)20(2)16(21)11-7-8-13(17)15(19)9-11/h3-10H,1-2H3. The third-order valence-corrected chi connectivity index (χ3v) is 4.41. The molecule has 0 heterocycles. The van der Waals surface area contributed by atoms with Crippen LogP contribution in [0.15, 0.2) is 46.9 Å². The van der Waals surface area contributed by atoms with Gasteiger partial charge in [-0.2, -0.15) is 0 Å². The molecule has 1 atom stereocenters. The van der Waals surface area contributed by atoms with E-state index >= 15 is 0 Å². The van der Waals surface area contributed by atoms with Gasteiger partial charge < -0.3 is 4.90 Å². The molecule has 110 valence electrons. The van der Waals surface area contributed by atoms with Gasteiger partial charge in [-0.15, -0.1) is 0 Å². The zero-order valence-corrected chi connectivity index (χ0v) is 14.0. The SMILES string of the molecule is CC(c1ccccc1Cl)N(C)C(=O)c1ccc(Br)c(F)c1. The molecule has 0 spiro atoms. The summed E-state index contributed by atoms with van der Waals surface area (Å²) in [6.07, 6.45) is 0. The summed E-state index contributed by atoms with van der Waals surface area (Å²) in [5.41, 5.74) is 1.16. The monoisotopic (exact) mass is 369 g/mol.